The molecule has 0 aliphatic heterocycles. The molecule has 1 aromatic carbocycles. The van der Waals surface area contributed by atoms with Gasteiger partial charge in [-0.05, 0) is 69.5 Å². The molecule has 1 heterocycles. The van der Waals surface area contributed by atoms with Crippen LogP contribution in [-0.2, 0) is 6.42 Å². The Balaban J connectivity index is 2.36. The first kappa shape index (κ1) is 19.0. The smallest absolute Gasteiger partial charge is 0.130 e. The topological polar surface area (TPSA) is 25.4 Å². The zero-order valence-corrected chi connectivity index (χ0v) is 16.2. The van der Waals surface area contributed by atoms with Gasteiger partial charge in [-0.1, -0.05) is 25.4 Å². The fourth-order valence-electron chi connectivity index (χ4n) is 3.34. The average Bonchev–Trinajstić information content (AvgIpc) is 2.58. The first-order valence-electron chi connectivity index (χ1n) is 8.89. The van der Waals surface area contributed by atoms with Crippen molar-refractivity contribution < 1.29 is 4.74 Å². The van der Waals surface area contributed by atoms with E-state index in [1.54, 1.807) is 7.11 Å². The molecule has 2 rings (SSSR count). The zero-order valence-electron chi connectivity index (χ0n) is 15.5. The van der Waals surface area contributed by atoms with Gasteiger partial charge in [0.05, 0.1) is 12.6 Å². The van der Waals surface area contributed by atoms with Crippen molar-refractivity contribution in [3.05, 3.63) is 35.0 Å². The normalized spacial score (nSPS) is 14.1. The predicted octanol–water partition coefficient (Wildman–Crippen LogP) is 5.34. The highest BCUT2D eigenvalue weighted by atomic mass is 35.5. The standard InChI is InChI=1S/C20H29ClN2O/c1-6-10-23(14(3)7-2)15(4)11-16-12-20(21)22-19-9-8-17(24-5)13-18(16)19/h8-9,12-15H,6-7,10-11H2,1-5H3. The Kier molecular flexibility index (Phi) is 6.88. The van der Waals surface area contributed by atoms with E-state index in [2.05, 4.69) is 43.6 Å². The minimum absolute atomic E-state index is 0.452. The van der Waals surface area contributed by atoms with Gasteiger partial charge in [-0.3, -0.25) is 4.90 Å². The Labute approximate surface area is 151 Å². The van der Waals surface area contributed by atoms with Gasteiger partial charge < -0.3 is 4.74 Å². The first-order chi connectivity index (χ1) is 11.5. The van der Waals surface area contributed by atoms with E-state index >= 15 is 0 Å². The molecule has 2 atom stereocenters. The monoisotopic (exact) mass is 348 g/mol. The van der Waals surface area contributed by atoms with E-state index in [-0.39, 0.29) is 0 Å². The lowest BCUT2D eigenvalue weighted by atomic mass is 10.00. The number of ether oxygens (including phenoxy) is 1. The number of nitrogens with zero attached hydrogens (tertiary/aromatic N) is 2. The van der Waals surface area contributed by atoms with Gasteiger partial charge in [0.2, 0.25) is 0 Å². The van der Waals surface area contributed by atoms with Crippen LogP contribution in [0.15, 0.2) is 24.3 Å². The van der Waals surface area contributed by atoms with Crippen molar-refractivity contribution in [3.63, 3.8) is 0 Å². The minimum Gasteiger partial charge on any atom is -0.497 e. The number of aromatic nitrogens is 1. The summed E-state index contributed by atoms with van der Waals surface area (Å²) in [6.07, 6.45) is 3.28. The number of rotatable bonds is 8. The maximum absolute atomic E-state index is 6.26. The number of pyridine rings is 1. The van der Waals surface area contributed by atoms with E-state index in [1.165, 1.54) is 12.0 Å². The summed E-state index contributed by atoms with van der Waals surface area (Å²) in [5.74, 6) is 0.855. The molecular weight excluding hydrogens is 320 g/mol. The summed E-state index contributed by atoms with van der Waals surface area (Å²) in [7, 11) is 1.69. The van der Waals surface area contributed by atoms with Gasteiger partial charge in [-0.2, -0.15) is 0 Å². The van der Waals surface area contributed by atoms with Crippen LogP contribution in [0.4, 0.5) is 0 Å². The number of fused-ring (bicyclic) bond motifs is 1. The molecule has 0 saturated heterocycles. The van der Waals surface area contributed by atoms with Crippen LogP contribution < -0.4 is 4.74 Å². The second kappa shape index (κ2) is 8.68. The van der Waals surface area contributed by atoms with Gasteiger partial charge in [0, 0.05) is 17.5 Å². The number of hydrogen-bond donors (Lipinski definition) is 0. The Morgan fingerprint density at radius 1 is 1.17 bits per heavy atom. The second-order valence-electron chi connectivity index (χ2n) is 6.54. The number of methoxy groups -OCH3 is 1. The van der Waals surface area contributed by atoms with Crippen molar-refractivity contribution >= 4 is 22.5 Å². The van der Waals surface area contributed by atoms with E-state index in [0.717, 1.165) is 36.0 Å². The molecule has 0 N–H and O–H groups in total. The highest BCUT2D eigenvalue weighted by Crippen LogP contribution is 2.27. The van der Waals surface area contributed by atoms with Gasteiger partial charge in [0.15, 0.2) is 0 Å². The highest BCUT2D eigenvalue weighted by Gasteiger charge is 2.20. The number of halogens is 1. The van der Waals surface area contributed by atoms with Crippen molar-refractivity contribution in [2.75, 3.05) is 13.7 Å². The SMILES string of the molecule is CCCN(C(C)CC)C(C)Cc1cc(Cl)nc2ccc(OC)cc12. The molecule has 24 heavy (non-hydrogen) atoms. The molecule has 0 aliphatic rings. The Morgan fingerprint density at radius 3 is 2.54 bits per heavy atom. The third-order valence-electron chi connectivity index (χ3n) is 4.79. The largest absolute Gasteiger partial charge is 0.497 e. The molecule has 2 aromatic rings. The van der Waals surface area contributed by atoms with Crippen LogP contribution in [0, 0.1) is 0 Å². The zero-order chi connectivity index (χ0) is 17.7. The summed E-state index contributed by atoms with van der Waals surface area (Å²) < 4.78 is 5.38. The van der Waals surface area contributed by atoms with E-state index in [9.17, 15) is 0 Å². The van der Waals surface area contributed by atoms with Crippen molar-refractivity contribution in [3.8, 4) is 5.75 Å². The Hall–Kier alpha value is -1.32. The van der Waals surface area contributed by atoms with Gasteiger partial charge in [0.1, 0.15) is 10.9 Å². The van der Waals surface area contributed by atoms with Crippen molar-refractivity contribution in [1.82, 2.24) is 9.88 Å². The summed E-state index contributed by atoms with van der Waals surface area (Å²) in [6.45, 7) is 10.2. The van der Waals surface area contributed by atoms with Crippen LogP contribution in [0.5, 0.6) is 5.75 Å². The molecule has 0 saturated carbocycles. The molecule has 0 radical (unpaired) electrons. The second-order valence-corrected chi connectivity index (χ2v) is 6.92. The molecule has 0 amide bonds. The summed E-state index contributed by atoms with van der Waals surface area (Å²) in [5.41, 5.74) is 2.16. The number of benzene rings is 1. The fourth-order valence-corrected chi connectivity index (χ4v) is 3.56. The summed E-state index contributed by atoms with van der Waals surface area (Å²) in [5, 5.41) is 1.69. The maximum Gasteiger partial charge on any atom is 0.130 e. The quantitative estimate of drug-likeness (QED) is 0.602. The van der Waals surface area contributed by atoms with Crippen molar-refractivity contribution in [2.24, 2.45) is 0 Å². The molecule has 0 fully saturated rings. The summed E-state index contributed by atoms with van der Waals surface area (Å²) in [4.78, 5) is 7.05. The summed E-state index contributed by atoms with van der Waals surface area (Å²) >= 11 is 6.26. The van der Waals surface area contributed by atoms with Crippen molar-refractivity contribution in [1.29, 1.82) is 0 Å². The fraction of sp³-hybridized carbons (Fsp3) is 0.550. The Bertz CT molecular complexity index is 674. The van der Waals surface area contributed by atoms with Crippen LogP contribution in [0.3, 0.4) is 0 Å². The van der Waals surface area contributed by atoms with Gasteiger partial charge in [0.25, 0.3) is 0 Å². The summed E-state index contributed by atoms with van der Waals surface area (Å²) in [6, 6.07) is 9.01. The molecule has 0 aliphatic carbocycles. The van der Waals surface area contributed by atoms with Gasteiger partial charge in [-0.15, -0.1) is 0 Å². The lowest BCUT2D eigenvalue weighted by Crippen LogP contribution is -2.41. The molecular formula is C20H29ClN2O. The molecule has 132 valence electrons. The molecule has 0 spiro atoms. The molecule has 4 heteroatoms. The maximum atomic E-state index is 6.26. The van der Waals surface area contributed by atoms with Crippen LogP contribution in [0.2, 0.25) is 5.15 Å². The van der Waals surface area contributed by atoms with Crippen LogP contribution in [-0.4, -0.2) is 35.6 Å². The van der Waals surface area contributed by atoms with E-state index in [4.69, 9.17) is 16.3 Å². The van der Waals surface area contributed by atoms with Gasteiger partial charge >= 0.3 is 0 Å². The first-order valence-corrected chi connectivity index (χ1v) is 9.26. The molecule has 1 aromatic heterocycles. The lowest BCUT2D eigenvalue weighted by molar-refractivity contribution is 0.149. The third-order valence-corrected chi connectivity index (χ3v) is 4.98. The van der Waals surface area contributed by atoms with E-state index in [1.807, 2.05) is 18.2 Å². The third kappa shape index (κ3) is 4.40. The molecule has 2 unspecified atom stereocenters. The van der Waals surface area contributed by atoms with E-state index < -0.39 is 0 Å². The van der Waals surface area contributed by atoms with Crippen LogP contribution >= 0.6 is 11.6 Å². The minimum atomic E-state index is 0.452. The lowest BCUT2D eigenvalue weighted by Gasteiger charge is -2.34. The molecule has 0 bridgehead atoms. The van der Waals surface area contributed by atoms with Crippen LogP contribution in [0.25, 0.3) is 10.9 Å². The average molecular weight is 349 g/mol. The van der Waals surface area contributed by atoms with Crippen molar-refractivity contribution in [2.45, 2.75) is 59.0 Å². The number of hydrogen-bond acceptors (Lipinski definition) is 3. The van der Waals surface area contributed by atoms with Gasteiger partial charge in [-0.25, -0.2) is 4.98 Å². The predicted molar refractivity (Wildman–Crippen MR) is 103 cm³/mol. The Morgan fingerprint density at radius 2 is 1.92 bits per heavy atom. The van der Waals surface area contributed by atoms with Crippen LogP contribution in [0.1, 0.15) is 46.1 Å². The van der Waals surface area contributed by atoms with E-state index in [0.29, 0.717) is 17.2 Å². The highest BCUT2D eigenvalue weighted by molar-refractivity contribution is 6.29. The molecule has 3 nitrogen and oxygen atoms in total.